The number of nitrogens with zero attached hydrogens (tertiary/aromatic N) is 1. The Bertz CT molecular complexity index is 384. The SMILES string of the molecule is CCN(CC1CCC1)C(c1ccc(F)cc1)C(C)N. The number of likely N-dealkylation sites (N-methyl/N-ethyl adjacent to an activating group) is 1. The lowest BCUT2D eigenvalue weighted by Crippen LogP contribution is -2.42. The van der Waals surface area contributed by atoms with Crippen LogP contribution in [0.25, 0.3) is 0 Å². The molecule has 1 fully saturated rings. The quantitative estimate of drug-likeness (QED) is 0.854. The third kappa shape index (κ3) is 3.54. The Balaban J connectivity index is 2.14. The second kappa shape index (κ2) is 6.49. The Hall–Kier alpha value is -0.930. The van der Waals surface area contributed by atoms with Crippen molar-refractivity contribution in [3.8, 4) is 0 Å². The molecular weight excluding hydrogens is 239 g/mol. The average Bonchev–Trinajstić information content (AvgIpc) is 2.33. The summed E-state index contributed by atoms with van der Waals surface area (Å²) in [6.07, 6.45) is 4.04. The van der Waals surface area contributed by atoms with Crippen LogP contribution in [0.1, 0.15) is 44.7 Å². The van der Waals surface area contributed by atoms with E-state index in [1.807, 2.05) is 19.1 Å². The summed E-state index contributed by atoms with van der Waals surface area (Å²) in [6.45, 7) is 6.31. The van der Waals surface area contributed by atoms with Crippen LogP contribution < -0.4 is 5.73 Å². The lowest BCUT2D eigenvalue weighted by Gasteiger charge is -2.38. The largest absolute Gasteiger partial charge is 0.326 e. The molecule has 2 N–H and O–H groups in total. The fourth-order valence-corrected chi connectivity index (χ4v) is 2.95. The maximum Gasteiger partial charge on any atom is 0.123 e. The summed E-state index contributed by atoms with van der Waals surface area (Å²) >= 11 is 0. The van der Waals surface area contributed by atoms with Gasteiger partial charge >= 0.3 is 0 Å². The topological polar surface area (TPSA) is 29.3 Å². The molecule has 0 aromatic heterocycles. The maximum absolute atomic E-state index is 13.1. The molecule has 2 rings (SSSR count). The lowest BCUT2D eigenvalue weighted by molar-refractivity contribution is 0.125. The van der Waals surface area contributed by atoms with E-state index >= 15 is 0 Å². The summed E-state index contributed by atoms with van der Waals surface area (Å²) in [5, 5.41) is 0. The van der Waals surface area contributed by atoms with Gasteiger partial charge in [0.1, 0.15) is 5.82 Å². The zero-order valence-electron chi connectivity index (χ0n) is 12.0. The summed E-state index contributed by atoms with van der Waals surface area (Å²) < 4.78 is 13.1. The van der Waals surface area contributed by atoms with E-state index in [1.54, 1.807) is 0 Å². The minimum absolute atomic E-state index is 0.0467. The van der Waals surface area contributed by atoms with Gasteiger partial charge in [0.05, 0.1) is 0 Å². The predicted octanol–water partition coefficient (Wildman–Crippen LogP) is 3.34. The molecule has 0 saturated heterocycles. The van der Waals surface area contributed by atoms with Crippen LogP contribution in [0.5, 0.6) is 0 Å². The van der Waals surface area contributed by atoms with Crippen molar-refractivity contribution < 1.29 is 4.39 Å². The molecule has 19 heavy (non-hydrogen) atoms. The molecule has 3 heteroatoms. The van der Waals surface area contributed by atoms with E-state index in [1.165, 1.54) is 31.4 Å². The van der Waals surface area contributed by atoms with E-state index in [-0.39, 0.29) is 17.9 Å². The zero-order valence-corrected chi connectivity index (χ0v) is 12.0. The maximum atomic E-state index is 13.1. The van der Waals surface area contributed by atoms with Gasteiger partial charge < -0.3 is 5.73 Å². The number of hydrogen-bond donors (Lipinski definition) is 1. The molecule has 0 radical (unpaired) electrons. The molecule has 0 aliphatic heterocycles. The highest BCUT2D eigenvalue weighted by molar-refractivity contribution is 5.21. The van der Waals surface area contributed by atoms with Gasteiger partial charge in [0.15, 0.2) is 0 Å². The number of hydrogen-bond acceptors (Lipinski definition) is 2. The minimum Gasteiger partial charge on any atom is -0.326 e. The second-order valence-electron chi connectivity index (χ2n) is 5.74. The fraction of sp³-hybridized carbons (Fsp3) is 0.625. The van der Waals surface area contributed by atoms with Crippen LogP contribution in [0.2, 0.25) is 0 Å². The van der Waals surface area contributed by atoms with Crippen molar-refractivity contribution in [2.75, 3.05) is 13.1 Å². The molecule has 1 aliphatic rings. The first-order valence-electron chi connectivity index (χ1n) is 7.37. The van der Waals surface area contributed by atoms with Crippen molar-refractivity contribution in [2.24, 2.45) is 11.7 Å². The molecule has 0 bridgehead atoms. The number of halogens is 1. The lowest BCUT2D eigenvalue weighted by atomic mass is 9.84. The molecule has 1 aliphatic carbocycles. The van der Waals surface area contributed by atoms with Gasteiger partial charge in [-0.1, -0.05) is 25.5 Å². The first-order chi connectivity index (χ1) is 9.11. The van der Waals surface area contributed by atoms with Gasteiger partial charge in [-0.05, 0) is 49.9 Å². The first kappa shape index (κ1) is 14.5. The number of benzene rings is 1. The van der Waals surface area contributed by atoms with E-state index in [2.05, 4.69) is 11.8 Å². The Morgan fingerprint density at radius 3 is 2.37 bits per heavy atom. The molecule has 0 heterocycles. The van der Waals surface area contributed by atoms with Gasteiger partial charge in [-0.3, -0.25) is 4.90 Å². The molecule has 1 aromatic rings. The van der Waals surface area contributed by atoms with Crippen molar-refractivity contribution in [3.05, 3.63) is 35.6 Å². The average molecular weight is 264 g/mol. The number of nitrogens with two attached hydrogens (primary N) is 1. The van der Waals surface area contributed by atoms with Crippen molar-refractivity contribution in [1.82, 2.24) is 4.90 Å². The normalized spacial score (nSPS) is 19.2. The van der Waals surface area contributed by atoms with E-state index in [9.17, 15) is 4.39 Å². The van der Waals surface area contributed by atoms with Crippen LogP contribution in [0.15, 0.2) is 24.3 Å². The van der Waals surface area contributed by atoms with E-state index in [0.717, 1.165) is 24.6 Å². The van der Waals surface area contributed by atoms with E-state index in [4.69, 9.17) is 5.73 Å². The van der Waals surface area contributed by atoms with Crippen LogP contribution in [0, 0.1) is 11.7 Å². The monoisotopic (exact) mass is 264 g/mol. The zero-order chi connectivity index (χ0) is 13.8. The molecular formula is C16H25FN2. The van der Waals surface area contributed by atoms with Crippen LogP contribution in [-0.4, -0.2) is 24.0 Å². The molecule has 2 unspecified atom stereocenters. The predicted molar refractivity (Wildman–Crippen MR) is 77.4 cm³/mol. The molecule has 1 aromatic carbocycles. The second-order valence-corrected chi connectivity index (χ2v) is 5.74. The Morgan fingerprint density at radius 2 is 1.95 bits per heavy atom. The van der Waals surface area contributed by atoms with Crippen LogP contribution in [-0.2, 0) is 0 Å². The highest BCUT2D eigenvalue weighted by Gasteiger charge is 2.27. The molecule has 0 amide bonds. The van der Waals surface area contributed by atoms with Crippen molar-refractivity contribution >= 4 is 0 Å². The summed E-state index contributed by atoms with van der Waals surface area (Å²) in [6, 6.07) is 7.03. The Labute approximate surface area is 115 Å². The van der Waals surface area contributed by atoms with Gasteiger partial charge in [0.2, 0.25) is 0 Å². The van der Waals surface area contributed by atoms with Crippen LogP contribution in [0.3, 0.4) is 0 Å². The van der Waals surface area contributed by atoms with Gasteiger partial charge in [0.25, 0.3) is 0 Å². The third-order valence-electron chi connectivity index (χ3n) is 4.23. The Kier molecular flexibility index (Phi) is 4.94. The summed E-state index contributed by atoms with van der Waals surface area (Å²) in [7, 11) is 0. The first-order valence-corrected chi connectivity index (χ1v) is 7.37. The van der Waals surface area contributed by atoms with Crippen molar-refractivity contribution in [2.45, 2.75) is 45.2 Å². The third-order valence-corrected chi connectivity index (χ3v) is 4.23. The molecule has 0 spiro atoms. The van der Waals surface area contributed by atoms with Gasteiger partial charge in [-0.2, -0.15) is 0 Å². The molecule has 1 saturated carbocycles. The number of rotatable bonds is 6. The highest BCUT2D eigenvalue weighted by atomic mass is 19.1. The Morgan fingerprint density at radius 1 is 1.32 bits per heavy atom. The molecule has 2 nitrogen and oxygen atoms in total. The smallest absolute Gasteiger partial charge is 0.123 e. The van der Waals surface area contributed by atoms with Crippen LogP contribution >= 0.6 is 0 Å². The van der Waals surface area contributed by atoms with Gasteiger partial charge in [-0.15, -0.1) is 0 Å². The van der Waals surface area contributed by atoms with E-state index < -0.39 is 0 Å². The summed E-state index contributed by atoms with van der Waals surface area (Å²) in [4.78, 5) is 2.45. The van der Waals surface area contributed by atoms with Crippen molar-refractivity contribution in [3.63, 3.8) is 0 Å². The van der Waals surface area contributed by atoms with Gasteiger partial charge in [0, 0.05) is 18.6 Å². The van der Waals surface area contributed by atoms with Crippen LogP contribution in [0.4, 0.5) is 4.39 Å². The van der Waals surface area contributed by atoms with E-state index in [0.29, 0.717) is 0 Å². The summed E-state index contributed by atoms with van der Waals surface area (Å²) in [5.41, 5.74) is 7.31. The molecule has 106 valence electrons. The molecule has 2 atom stereocenters. The van der Waals surface area contributed by atoms with Crippen molar-refractivity contribution in [1.29, 1.82) is 0 Å². The van der Waals surface area contributed by atoms with Gasteiger partial charge in [-0.25, -0.2) is 4.39 Å². The highest BCUT2D eigenvalue weighted by Crippen LogP contribution is 2.31. The fourth-order valence-electron chi connectivity index (χ4n) is 2.95. The summed E-state index contributed by atoms with van der Waals surface area (Å²) in [5.74, 6) is 0.635. The minimum atomic E-state index is -0.186. The standard InChI is InChI=1S/C16H25FN2/c1-3-19(11-13-5-4-6-13)16(12(2)18)14-7-9-15(17)10-8-14/h7-10,12-13,16H,3-6,11,18H2,1-2H3.